The molecule has 1 rings (SSSR count). The molecule has 0 aliphatic rings. The number of benzene rings is 1. The standard InChI is InChI=1S/C6H5BN2O2/c7-5-2-1-4(8-10)3-6(5)9-11/h1-3H,7H2. The predicted octanol–water partition coefficient (Wildman–Crippen LogP) is 0.741. The van der Waals surface area contributed by atoms with Crippen molar-refractivity contribution in [2.24, 2.45) is 10.4 Å². The molecule has 0 saturated carbocycles. The summed E-state index contributed by atoms with van der Waals surface area (Å²) in [6.45, 7) is 0. The Balaban J connectivity index is 3.22. The Bertz CT molecular complexity index is 301. The lowest BCUT2D eigenvalue weighted by Crippen LogP contribution is -2.00. The molecule has 0 heterocycles. The fourth-order valence-corrected chi connectivity index (χ4v) is 0.753. The summed E-state index contributed by atoms with van der Waals surface area (Å²) in [5, 5.41) is 5.40. The molecule has 0 fully saturated rings. The smallest absolute Gasteiger partial charge is 0.142 e. The van der Waals surface area contributed by atoms with Crippen molar-refractivity contribution in [1.82, 2.24) is 0 Å². The lowest BCUT2D eigenvalue weighted by atomic mass is 9.94. The van der Waals surface area contributed by atoms with Crippen LogP contribution in [0.5, 0.6) is 0 Å². The van der Waals surface area contributed by atoms with E-state index in [-0.39, 0.29) is 11.4 Å². The highest BCUT2D eigenvalue weighted by Crippen LogP contribution is 2.16. The van der Waals surface area contributed by atoms with Gasteiger partial charge in [0.15, 0.2) is 0 Å². The van der Waals surface area contributed by atoms with Crippen molar-refractivity contribution in [3.05, 3.63) is 28.0 Å². The average molecular weight is 148 g/mol. The largest absolute Gasteiger partial charge is 0.145 e. The minimum absolute atomic E-state index is 0.227. The van der Waals surface area contributed by atoms with E-state index >= 15 is 0 Å². The molecule has 54 valence electrons. The molecule has 0 atom stereocenters. The minimum atomic E-state index is 0.227. The van der Waals surface area contributed by atoms with E-state index in [0.29, 0.717) is 0 Å². The van der Waals surface area contributed by atoms with Crippen LogP contribution in [0, 0.1) is 9.81 Å². The first-order valence-electron chi connectivity index (χ1n) is 3.05. The molecule has 0 spiro atoms. The van der Waals surface area contributed by atoms with Crippen LogP contribution >= 0.6 is 0 Å². The van der Waals surface area contributed by atoms with E-state index < -0.39 is 0 Å². The van der Waals surface area contributed by atoms with Gasteiger partial charge in [-0.15, -0.1) is 9.81 Å². The lowest BCUT2D eigenvalue weighted by molar-refractivity contribution is 1.46. The van der Waals surface area contributed by atoms with Gasteiger partial charge in [0.05, 0.1) is 0 Å². The van der Waals surface area contributed by atoms with Crippen molar-refractivity contribution in [3.8, 4) is 0 Å². The van der Waals surface area contributed by atoms with Crippen molar-refractivity contribution in [1.29, 1.82) is 0 Å². The van der Waals surface area contributed by atoms with E-state index in [1.165, 1.54) is 12.1 Å². The zero-order valence-electron chi connectivity index (χ0n) is 5.94. The molecule has 5 heteroatoms. The molecule has 0 bridgehead atoms. The summed E-state index contributed by atoms with van der Waals surface area (Å²) in [7, 11) is 1.74. The fourth-order valence-electron chi connectivity index (χ4n) is 0.753. The van der Waals surface area contributed by atoms with Crippen LogP contribution in [0.3, 0.4) is 0 Å². The Morgan fingerprint density at radius 3 is 2.45 bits per heavy atom. The molecule has 0 aliphatic heterocycles. The van der Waals surface area contributed by atoms with Crippen LogP contribution in [0.25, 0.3) is 0 Å². The topological polar surface area (TPSA) is 58.9 Å². The molecule has 0 aromatic heterocycles. The van der Waals surface area contributed by atoms with Crippen LogP contribution in [-0.2, 0) is 0 Å². The summed E-state index contributed by atoms with van der Waals surface area (Å²) >= 11 is 0. The molecule has 0 saturated heterocycles. The molecule has 1 aromatic rings. The minimum Gasteiger partial charge on any atom is -0.145 e. The van der Waals surface area contributed by atoms with E-state index in [4.69, 9.17) is 0 Å². The first kappa shape index (κ1) is 7.59. The SMILES string of the molecule is Bc1ccc(N=O)cc1N=O. The maximum Gasteiger partial charge on any atom is 0.142 e. The van der Waals surface area contributed by atoms with Crippen LogP contribution in [0.2, 0.25) is 0 Å². The van der Waals surface area contributed by atoms with Crippen LogP contribution in [0.15, 0.2) is 28.6 Å². The van der Waals surface area contributed by atoms with E-state index in [9.17, 15) is 9.81 Å². The molecule has 0 radical (unpaired) electrons. The zero-order chi connectivity index (χ0) is 8.27. The third-order valence-electron chi connectivity index (χ3n) is 1.40. The third kappa shape index (κ3) is 1.49. The van der Waals surface area contributed by atoms with Crippen LogP contribution in [0.4, 0.5) is 11.4 Å². The molecule has 1 aromatic carbocycles. The summed E-state index contributed by atoms with van der Waals surface area (Å²) in [6, 6.07) is 4.53. The monoisotopic (exact) mass is 148 g/mol. The third-order valence-corrected chi connectivity index (χ3v) is 1.40. The number of nitrogens with zero attached hydrogens (tertiary/aromatic N) is 2. The number of rotatable bonds is 2. The lowest BCUT2D eigenvalue weighted by Gasteiger charge is -1.94. The molecule has 0 amide bonds. The molecule has 11 heavy (non-hydrogen) atoms. The molecule has 0 aliphatic carbocycles. The fraction of sp³-hybridized carbons (Fsp3) is 0. The van der Waals surface area contributed by atoms with Crippen LogP contribution < -0.4 is 5.46 Å². The Hall–Kier alpha value is -1.52. The molecular weight excluding hydrogens is 143 g/mol. The Morgan fingerprint density at radius 2 is 1.91 bits per heavy atom. The number of nitroso groups, excluding NO2 is 2. The van der Waals surface area contributed by atoms with Crippen molar-refractivity contribution < 1.29 is 0 Å². The number of hydrogen-bond acceptors (Lipinski definition) is 4. The summed E-state index contributed by atoms with van der Waals surface area (Å²) in [5.74, 6) is 0. The number of hydrogen-bond donors (Lipinski definition) is 0. The first-order chi connectivity index (χ1) is 5.27. The highest BCUT2D eigenvalue weighted by atomic mass is 16.3. The highest BCUT2D eigenvalue weighted by Gasteiger charge is 1.98. The summed E-state index contributed by atoms with van der Waals surface area (Å²) in [5.41, 5.74) is 1.24. The highest BCUT2D eigenvalue weighted by molar-refractivity contribution is 6.35. The summed E-state index contributed by atoms with van der Waals surface area (Å²) < 4.78 is 0. The van der Waals surface area contributed by atoms with Gasteiger partial charge in [-0.05, 0) is 22.5 Å². The Morgan fingerprint density at radius 1 is 1.18 bits per heavy atom. The van der Waals surface area contributed by atoms with Gasteiger partial charge in [0.25, 0.3) is 0 Å². The Kier molecular flexibility index (Phi) is 2.10. The zero-order valence-corrected chi connectivity index (χ0v) is 5.94. The van der Waals surface area contributed by atoms with E-state index in [1.807, 2.05) is 0 Å². The predicted molar refractivity (Wildman–Crippen MR) is 45.5 cm³/mol. The normalized spacial score (nSPS) is 9.09. The van der Waals surface area contributed by atoms with Crippen LogP contribution in [0.1, 0.15) is 0 Å². The Labute approximate surface area is 64.0 Å². The second-order valence-electron chi connectivity index (χ2n) is 2.15. The molecule has 0 N–H and O–H groups in total. The summed E-state index contributed by atoms with van der Waals surface area (Å²) in [6.07, 6.45) is 0. The van der Waals surface area contributed by atoms with Gasteiger partial charge < -0.3 is 0 Å². The van der Waals surface area contributed by atoms with Gasteiger partial charge in [-0.2, -0.15) is 0 Å². The van der Waals surface area contributed by atoms with Crippen molar-refractivity contribution >= 4 is 24.7 Å². The summed E-state index contributed by atoms with van der Waals surface area (Å²) in [4.78, 5) is 20.1. The van der Waals surface area contributed by atoms with E-state index in [2.05, 4.69) is 10.4 Å². The van der Waals surface area contributed by atoms with Gasteiger partial charge in [0.2, 0.25) is 0 Å². The van der Waals surface area contributed by atoms with Gasteiger partial charge in [0.1, 0.15) is 19.2 Å². The maximum atomic E-state index is 10.1. The van der Waals surface area contributed by atoms with E-state index in [1.54, 1.807) is 13.9 Å². The first-order valence-corrected chi connectivity index (χ1v) is 3.05. The molecule has 0 unspecified atom stereocenters. The molecular formula is C6H5BN2O2. The molecule has 4 nitrogen and oxygen atoms in total. The van der Waals surface area contributed by atoms with Gasteiger partial charge in [0, 0.05) is 0 Å². The average Bonchev–Trinajstić information content (AvgIpc) is 2.05. The van der Waals surface area contributed by atoms with Crippen molar-refractivity contribution in [2.45, 2.75) is 0 Å². The second-order valence-corrected chi connectivity index (χ2v) is 2.15. The van der Waals surface area contributed by atoms with Crippen molar-refractivity contribution in [2.75, 3.05) is 0 Å². The van der Waals surface area contributed by atoms with Gasteiger partial charge in [-0.1, -0.05) is 11.5 Å². The second kappa shape index (κ2) is 3.05. The van der Waals surface area contributed by atoms with E-state index in [0.717, 1.165) is 5.46 Å². The van der Waals surface area contributed by atoms with Crippen molar-refractivity contribution in [3.63, 3.8) is 0 Å². The maximum absolute atomic E-state index is 10.1. The quantitative estimate of drug-likeness (QED) is 0.458. The van der Waals surface area contributed by atoms with Gasteiger partial charge in [-0.25, -0.2) is 0 Å². The van der Waals surface area contributed by atoms with Gasteiger partial charge >= 0.3 is 0 Å². The van der Waals surface area contributed by atoms with Crippen LogP contribution in [-0.4, -0.2) is 7.85 Å². The van der Waals surface area contributed by atoms with Gasteiger partial charge in [-0.3, -0.25) is 0 Å².